The van der Waals surface area contributed by atoms with Gasteiger partial charge in [-0.15, -0.1) is 0 Å². The maximum absolute atomic E-state index is 5.77. The van der Waals surface area contributed by atoms with Crippen LogP contribution in [0, 0.1) is 6.58 Å². The lowest BCUT2D eigenvalue weighted by atomic mass is 10.1. The predicted octanol–water partition coefficient (Wildman–Crippen LogP) is 4.85. The Hall–Kier alpha value is -1.53. The molecule has 0 unspecified atom stereocenters. The van der Waals surface area contributed by atoms with Gasteiger partial charge in [0.05, 0.1) is 13.2 Å². The molecule has 0 saturated carbocycles. The molecule has 1 aliphatic carbocycles. The predicted molar refractivity (Wildman–Crippen MR) is 88.0 cm³/mol. The van der Waals surface area contributed by atoms with E-state index < -0.39 is 0 Å². The summed E-state index contributed by atoms with van der Waals surface area (Å²) in [7, 11) is 1.62. The summed E-state index contributed by atoms with van der Waals surface area (Å²) in [6.45, 7) is 8.59. The molecule has 116 valence electrons. The van der Waals surface area contributed by atoms with Crippen molar-refractivity contribution in [3.05, 3.63) is 41.9 Å². The van der Waals surface area contributed by atoms with E-state index in [-0.39, 0.29) is 0 Å². The standard InChI is InChI=1S/C19H28O2/c1-4-6-7-8-9-10-11-12-15-21-19-14-13-18(20-3)16-17(19)5-2/h2,5,14,16H,4,6-12,15H2,1,3H3. The second kappa shape index (κ2) is 11.2. The van der Waals surface area contributed by atoms with Crippen LogP contribution in [0.25, 0.3) is 0 Å². The zero-order valence-electron chi connectivity index (χ0n) is 13.5. The molecule has 21 heavy (non-hydrogen) atoms. The number of unbranched alkanes of at least 4 members (excludes halogenated alkanes) is 7. The van der Waals surface area contributed by atoms with Crippen molar-refractivity contribution in [1.82, 2.24) is 0 Å². The molecule has 0 saturated heterocycles. The smallest absolute Gasteiger partial charge is 0.282 e. The molecule has 1 aliphatic rings. The van der Waals surface area contributed by atoms with Gasteiger partial charge >= 0.3 is 0 Å². The second-order valence-corrected chi connectivity index (χ2v) is 5.31. The van der Waals surface area contributed by atoms with Gasteiger partial charge in [-0.3, -0.25) is 11.0 Å². The molecule has 2 heteroatoms. The molecule has 1 rings (SSSR count). The summed E-state index contributed by atoms with van der Waals surface area (Å²) >= 11 is 0. The van der Waals surface area contributed by atoms with Crippen LogP contribution >= 0.6 is 0 Å². The fraction of sp³-hybridized carbons (Fsp3) is 0.579. The highest BCUT2D eigenvalue weighted by Crippen LogP contribution is 2.11. The number of ether oxygens (including phenoxy) is 1. The SMILES string of the molecule is [CH-]=CC1=CC(OC)=C=CC1=[O+]CCCCCCCCCC. The quantitative estimate of drug-likeness (QED) is 0.230. The summed E-state index contributed by atoms with van der Waals surface area (Å²) in [5.74, 6) is 1.45. The van der Waals surface area contributed by atoms with Crippen molar-refractivity contribution >= 4 is 5.78 Å². The van der Waals surface area contributed by atoms with Gasteiger partial charge in [-0.2, -0.15) is 0 Å². The average molecular weight is 288 g/mol. The third kappa shape index (κ3) is 7.15. The van der Waals surface area contributed by atoms with Crippen LogP contribution in [0.5, 0.6) is 0 Å². The van der Waals surface area contributed by atoms with Gasteiger partial charge in [0.15, 0.2) is 0 Å². The first-order valence-electron chi connectivity index (χ1n) is 8.09. The van der Waals surface area contributed by atoms with Gasteiger partial charge in [0.1, 0.15) is 5.76 Å². The van der Waals surface area contributed by atoms with Gasteiger partial charge in [0.25, 0.3) is 12.4 Å². The Labute approximate surface area is 129 Å². The lowest BCUT2D eigenvalue weighted by molar-refractivity contribution is -0.456. The van der Waals surface area contributed by atoms with Crippen LogP contribution < -0.4 is 0 Å². The number of rotatable bonds is 11. The summed E-state index contributed by atoms with van der Waals surface area (Å²) in [5.41, 5.74) is 3.87. The van der Waals surface area contributed by atoms with Crippen molar-refractivity contribution in [2.75, 3.05) is 13.7 Å². The topological polar surface area (TPSA) is 20.5 Å². The van der Waals surface area contributed by atoms with Crippen LogP contribution in [-0.2, 0) is 9.16 Å². The molecule has 0 fully saturated rings. The van der Waals surface area contributed by atoms with Crippen LogP contribution in [0.2, 0.25) is 0 Å². The molecule has 0 heterocycles. The minimum absolute atomic E-state index is 0.672. The first kappa shape index (κ1) is 17.5. The van der Waals surface area contributed by atoms with Gasteiger partial charge in [-0.1, -0.05) is 62.8 Å². The van der Waals surface area contributed by atoms with E-state index in [2.05, 4.69) is 12.7 Å². The van der Waals surface area contributed by atoms with Crippen molar-refractivity contribution in [3.8, 4) is 0 Å². The van der Waals surface area contributed by atoms with E-state index in [9.17, 15) is 0 Å². The van der Waals surface area contributed by atoms with Crippen LogP contribution in [0.1, 0.15) is 58.3 Å². The molecule has 0 spiro atoms. The van der Waals surface area contributed by atoms with E-state index >= 15 is 0 Å². The van der Waals surface area contributed by atoms with E-state index in [4.69, 9.17) is 15.7 Å². The summed E-state index contributed by atoms with van der Waals surface area (Å²) in [6.07, 6.45) is 15.6. The minimum atomic E-state index is 0.672. The van der Waals surface area contributed by atoms with E-state index in [0.717, 1.165) is 24.4 Å². The van der Waals surface area contributed by atoms with Crippen LogP contribution in [-0.4, -0.2) is 19.5 Å². The molecule has 0 aromatic heterocycles. The molecule has 0 atom stereocenters. The van der Waals surface area contributed by atoms with E-state index in [0.29, 0.717) is 5.76 Å². The van der Waals surface area contributed by atoms with Gasteiger partial charge in [-0.05, 0) is 6.42 Å². The molecular formula is C19H28O2. The largest absolute Gasteiger partial charge is 0.491 e. The van der Waals surface area contributed by atoms with Gasteiger partial charge in [0, 0.05) is 6.42 Å². The lowest BCUT2D eigenvalue weighted by Gasteiger charge is -2.07. The average Bonchev–Trinajstić information content (AvgIpc) is 2.53. The monoisotopic (exact) mass is 288 g/mol. The molecule has 0 amide bonds. The first-order chi connectivity index (χ1) is 10.3. The highest BCUT2D eigenvalue weighted by Gasteiger charge is 2.09. The lowest BCUT2D eigenvalue weighted by Crippen LogP contribution is -2.06. The molecule has 2 nitrogen and oxygen atoms in total. The van der Waals surface area contributed by atoms with Crippen molar-refractivity contribution in [2.24, 2.45) is 0 Å². The fourth-order valence-electron chi connectivity index (χ4n) is 2.27. The molecule has 0 radical (unpaired) electrons. The normalized spacial score (nSPS) is 15.8. The molecular weight excluding hydrogens is 260 g/mol. The maximum Gasteiger partial charge on any atom is 0.282 e. The Kier molecular flexibility index (Phi) is 9.32. The Morgan fingerprint density at radius 2 is 1.81 bits per heavy atom. The number of carbonyl (C=O) groups excluding carboxylic acids is 1. The van der Waals surface area contributed by atoms with Crippen LogP contribution in [0.4, 0.5) is 0 Å². The third-order valence-corrected chi connectivity index (χ3v) is 3.57. The van der Waals surface area contributed by atoms with Crippen molar-refractivity contribution in [3.63, 3.8) is 0 Å². The molecule has 0 aliphatic heterocycles. The van der Waals surface area contributed by atoms with Crippen molar-refractivity contribution < 1.29 is 9.16 Å². The first-order valence-corrected chi connectivity index (χ1v) is 8.09. The van der Waals surface area contributed by atoms with Gasteiger partial charge < -0.3 is 4.74 Å². The van der Waals surface area contributed by atoms with E-state index in [1.165, 1.54) is 44.9 Å². The maximum atomic E-state index is 5.77. The van der Waals surface area contributed by atoms with Gasteiger partial charge in [0.2, 0.25) is 0 Å². The van der Waals surface area contributed by atoms with E-state index in [1.54, 1.807) is 19.3 Å². The number of methoxy groups -OCH3 is 1. The Morgan fingerprint density at radius 3 is 2.43 bits per heavy atom. The Bertz CT molecular complexity index is 434. The third-order valence-electron chi connectivity index (χ3n) is 3.57. The zero-order chi connectivity index (χ0) is 15.3. The van der Waals surface area contributed by atoms with Crippen molar-refractivity contribution in [1.29, 1.82) is 0 Å². The summed E-state index contributed by atoms with van der Waals surface area (Å²) in [6, 6.07) is 0. The summed E-state index contributed by atoms with van der Waals surface area (Å²) < 4.78 is 10.9. The second-order valence-electron chi connectivity index (χ2n) is 5.31. The molecule has 0 bridgehead atoms. The zero-order valence-corrected chi connectivity index (χ0v) is 13.5. The Balaban J connectivity index is 2.23. The number of ketones is 1. The molecule has 0 aromatic rings. The van der Waals surface area contributed by atoms with Gasteiger partial charge in [-0.25, -0.2) is 6.08 Å². The minimum Gasteiger partial charge on any atom is -0.491 e. The van der Waals surface area contributed by atoms with Crippen molar-refractivity contribution in [2.45, 2.75) is 58.3 Å². The highest BCUT2D eigenvalue weighted by molar-refractivity contribution is 6.07. The van der Waals surface area contributed by atoms with Crippen LogP contribution in [0.15, 0.2) is 35.3 Å². The highest BCUT2D eigenvalue weighted by atomic mass is 16.5. The Morgan fingerprint density at radius 1 is 1.14 bits per heavy atom. The molecule has 0 aromatic carbocycles. The fourth-order valence-corrected chi connectivity index (χ4v) is 2.27. The number of allylic oxidation sites excluding steroid dienone is 3. The summed E-state index contributed by atoms with van der Waals surface area (Å²) in [5, 5.41) is 0. The summed E-state index contributed by atoms with van der Waals surface area (Å²) in [4.78, 5) is 0. The van der Waals surface area contributed by atoms with E-state index in [1.807, 2.05) is 6.08 Å². The molecule has 0 N–H and O–H groups in total. The number of hydrogen-bond acceptors (Lipinski definition) is 1. The number of hydrogen-bond donors (Lipinski definition) is 0. The van der Waals surface area contributed by atoms with Crippen LogP contribution in [0.3, 0.4) is 0 Å².